The van der Waals surface area contributed by atoms with Crippen LogP contribution >= 0.6 is 15.9 Å². The number of nitrogens with one attached hydrogen (secondary N) is 1. The van der Waals surface area contributed by atoms with Crippen LogP contribution in [0.5, 0.6) is 0 Å². The molecule has 3 atom stereocenters. The highest BCUT2D eigenvalue weighted by molar-refractivity contribution is 9.10. The largest absolute Gasteiger partial charge is 0.443 e. The monoisotopic (exact) mass is 509 g/mol. The number of nitrogens with zero attached hydrogens (tertiary/aromatic N) is 4. The minimum atomic E-state index is -0.633. The van der Waals surface area contributed by atoms with Gasteiger partial charge in [-0.2, -0.15) is 9.61 Å². The number of hydrogen-bond acceptors (Lipinski definition) is 7. The Kier molecular flexibility index (Phi) is 6.92. The summed E-state index contributed by atoms with van der Waals surface area (Å²) >= 11 is 3.52. The number of anilines is 2. The molecule has 0 bridgehead atoms. The van der Waals surface area contributed by atoms with Gasteiger partial charge < -0.3 is 19.9 Å². The summed E-state index contributed by atoms with van der Waals surface area (Å²) in [4.78, 5) is 19.6. The van der Waals surface area contributed by atoms with Gasteiger partial charge in [-0.15, -0.1) is 0 Å². The van der Waals surface area contributed by atoms with Crippen molar-refractivity contribution in [2.75, 3.05) is 30.0 Å². The second kappa shape index (κ2) is 9.52. The van der Waals surface area contributed by atoms with Gasteiger partial charge in [-0.1, -0.05) is 12.8 Å². The Labute approximate surface area is 196 Å². The summed E-state index contributed by atoms with van der Waals surface area (Å²) in [6.07, 6.45) is 5.43. The van der Waals surface area contributed by atoms with Gasteiger partial charge in [-0.05, 0) is 56.0 Å². The van der Waals surface area contributed by atoms with E-state index in [4.69, 9.17) is 14.5 Å². The van der Waals surface area contributed by atoms with E-state index >= 15 is 0 Å². The number of aromatic nitrogens is 3. The van der Waals surface area contributed by atoms with Crippen LogP contribution in [0.3, 0.4) is 0 Å². The summed E-state index contributed by atoms with van der Waals surface area (Å²) in [6.45, 7) is 7.31. The third-order valence-electron chi connectivity index (χ3n) is 5.83. The highest BCUT2D eigenvalue weighted by Gasteiger charge is 2.31. The van der Waals surface area contributed by atoms with Gasteiger partial charge in [-0.25, -0.2) is 9.78 Å². The number of ether oxygens (including phenoxy) is 2. The van der Waals surface area contributed by atoms with E-state index in [-0.39, 0.29) is 12.0 Å². The van der Waals surface area contributed by atoms with E-state index in [1.165, 1.54) is 0 Å². The lowest BCUT2D eigenvalue weighted by Crippen LogP contribution is -2.41. The van der Waals surface area contributed by atoms with E-state index in [1.807, 2.05) is 26.8 Å². The molecule has 1 amide bonds. The van der Waals surface area contributed by atoms with E-state index in [0.717, 1.165) is 36.6 Å². The van der Waals surface area contributed by atoms with Crippen molar-refractivity contribution in [3.63, 3.8) is 0 Å². The van der Waals surface area contributed by atoms with E-state index in [9.17, 15) is 9.90 Å². The molecule has 0 aromatic carbocycles. The van der Waals surface area contributed by atoms with Crippen molar-refractivity contribution >= 4 is 39.3 Å². The molecule has 1 saturated heterocycles. The zero-order valence-corrected chi connectivity index (χ0v) is 20.5. The van der Waals surface area contributed by atoms with Crippen LogP contribution in [-0.4, -0.2) is 63.3 Å². The molecule has 0 radical (unpaired) electrons. The summed E-state index contributed by atoms with van der Waals surface area (Å²) < 4.78 is 13.6. The molecule has 32 heavy (non-hydrogen) atoms. The molecule has 4 rings (SSSR count). The summed E-state index contributed by atoms with van der Waals surface area (Å²) in [5.41, 5.74) is -0.0439. The smallest absolute Gasteiger partial charge is 0.416 e. The molecule has 3 heterocycles. The van der Waals surface area contributed by atoms with Crippen molar-refractivity contribution < 1.29 is 19.4 Å². The fraction of sp³-hybridized carbons (Fsp3) is 0.682. The number of carbonyl (C=O) groups is 1. The molecular formula is C22H32BrN5O4. The van der Waals surface area contributed by atoms with Gasteiger partial charge in [0.15, 0.2) is 5.65 Å². The lowest BCUT2D eigenvalue weighted by Gasteiger charge is -2.31. The number of fused-ring (bicyclic) bond motifs is 1. The van der Waals surface area contributed by atoms with Gasteiger partial charge in [0.1, 0.15) is 17.2 Å². The summed E-state index contributed by atoms with van der Waals surface area (Å²) in [6, 6.07) is 1.74. The topological polar surface area (TPSA) is 101 Å². The second-order valence-electron chi connectivity index (χ2n) is 9.65. The van der Waals surface area contributed by atoms with Gasteiger partial charge in [0, 0.05) is 25.1 Å². The van der Waals surface area contributed by atoms with Crippen LogP contribution in [0.2, 0.25) is 0 Å². The Bertz CT molecular complexity index is 954. The van der Waals surface area contributed by atoms with Crippen molar-refractivity contribution in [1.82, 2.24) is 14.6 Å². The summed E-state index contributed by atoms with van der Waals surface area (Å²) in [7, 11) is 0. The number of carbonyl (C=O) groups excluding carboxylic acids is 1. The van der Waals surface area contributed by atoms with E-state index in [0.29, 0.717) is 37.0 Å². The van der Waals surface area contributed by atoms with Crippen LogP contribution in [0, 0.1) is 5.92 Å². The second-order valence-corrected chi connectivity index (χ2v) is 10.5. The lowest BCUT2D eigenvalue weighted by molar-refractivity contribution is 0.0571. The zero-order chi connectivity index (χ0) is 22.9. The number of halogens is 1. The van der Waals surface area contributed by atoms with Gasteiger partial charge in [0.2, 0.25) is 0 Å². The van der Waals surface area contributed by atoms with Gasteiger partial charge in [0.05, 0.1) is 29.4 Å². The predicted molar refractivity (Wildman–Crippen MR) is 125 cm³/mol. The van der Waals surface area contributed by atoms with Crippen molar-refractivity contribution in [2.24, 2.45) is 5.92 Å². The molecule has 3 unspecified atom stereocenters. The Morgan fingerprint density at radius 2 is 2.16 bits per heavy atom. The molecule has 0 spiro atoms. The third-order valence-corrected chi connectivity index (χ3v) is 6.39. The lowest BCUT2D eigenvalue weighted by atomic mass is 9.92. The predicted octanol–water partition coefficient (Wildman–Crippen LogP) is 3.99. The number of amides is 1. The van der Waals surface area contributed by atoms with Crippen LogP contribution in [0.4, 0.5) is 16.4 Å². The molecule has 1 aliphatic carbocycles. The van der Waals surface area contributed by atoms with Crippen molar-refractivity contribution in [2.45, 2.75) is 70.6 Å². The molecule has 2 aromatic rings. The standard InChI is InChI=1S/C22H32BrN5O4/c1-22(2,3)32-21(30)27(12-14-8-9-31-13-14)19-10-18(25-16-6-4-5-7-17(16)29)26-20-15(23)11-24-28(19)20/h10-11,14,16-17,29H,4-9,12-13H2,1-3H3,(H,25,26). The van der Waals surface area contributed by atoms with E-state index in [1.54, 1.807) is 15.6 Å². The van der Waals surface area contributed by atoms with Crippen molar-refractivity contribution in [3.8, 4) is 0 Å². The summed E-state index contributed by atoms with van der Waals surface area (Å²) in [5.74, 6) is 1.37. The molecule has 1 saturated carbocycles. The van der Waals surface area contributed by atoms with Gasteiger partial charge in [0.25, 0.3) is 0 Å². The fourth-order valence-corrected chi connectivity index (χ4v) is 4.57. The normalized spacial score (nSPS) is 24.0. The Morgan fingerprint density at radius 3 is 2.84 bits per heavy atom. The van der Waals surface area contributed by atoms with Crippen LogP contribution in [0.1, 0.15) is 52.9 Å². The third kappa shape index (κ3) is 5.35. The average molecular weight is 510 g/mol. The molecule has 2 fully saturated rings. The minimum absolute atomic E-state index is 0.0774. The van der Waals surface area contributed by atoms with Crippen LogP contribution in [-0.2, 0) is 9.47 Å². The molecule has 10 heteroatoms. The number of aliphatic hydroxyl groups excluding tert-OH is 1. The van der Waals surface area contributed by atoms with Crippen LogP contribution in [0.15, 0.2) is 16.7 Å². The highest BCUT2D eigenvalue weighted by atomic mass is 79.9. The molecule has 2 N–H and O–H groups in total. The van der Waals surface area contributed by atoms with E-state index < -0.39 is 17.8 Å². The first-order valence-electron chi connectivity index (χ1n) is 11.3. The Hall–Kier alpha value is -1.91. The molecule has 176 valence electrons. The average Bonchev–Trinajstić information content (AvgIpc) is 3.36. The maximum Gasteiger partial charge on any atom is 0.416 e. The van der Waals surface area contributed by atoms with E-state index in [2.05, 4.69) is 26.3 Å². The van der Waals surface area contributed by atoms with Crippen molar-refractivity contribution in [1.29, 1.82) is 0 Å². The molecule has 2 aliphatic rings. The van der Waals surface area contributed by atoms with Crippen LogP contribution < -0.4 is 10.2 Å². The Morgan fingerprint density at radius 1 is 1.38 bits per heavy atom. The highest BCUT2D eigenvalue weighted by Crippen LogP contribution is 2.30. The number of rotatable bonds is 5. The molecule has 1 aliphatic heterocycles. The zero-order valence-electron chi connectivity index (χ0n) is 18.9. The van der Waals surface area contributed by atoms with Gasteiger partial charge in [-0.3, -0.25) is 4.90 Å². The minimum Gasteiger partial charge on any atom is -0.443 e. The first-order valence-corrected chi connectivity index (χ1v) is 12.1. The maximum atomic E-state index is 13.3. The molecule has 9 nitrogen and oxygen atoms in total. The molecular weight excluding hydrogens is 478 g/mol. The summed E-state index contributed by atoms with van der Waals surface area (Å²) in [5, 5.41) is 18.3. The fourth-order valence-electron chi connectivity index (χ4n) is 4.22. The number of aliphatic hydroxyl groups is 1. The maximum absolute atomic E-state index is 13.3. The Balaban J connectivity index is 1.72. The quantitative estimate of drug-likeness (QED) is 0.628. The number of hydrogen-bond donors (Lipinski definition) is 2. The van der Waals surface area contributed by atoms with Gasteiger partial charge >= 0.3 is 6.09 Å². The van der Waals surface area contributed by atoms with Crippen molar-refractivity contribution in [3.05, 3.63) is 16.7 Å². The molecule has 2 aromatic heterocycles. The van der Waals surface area contributed by atoms with Crippen LogP contribution in [0.25, 0.3) is 5.65 Å². The SMILES string of the molecule is CC(C)(C)OC(=O)N(CC1CCOC1)c1cc(NC2CCCCC2O)nc2c(Br)cnn12. The first-order chi connectivity index (χ1) is 15.2. The first kappa shape index (κ1) is 23.3.